The summed E-state index contributed by atoms with van der Waals surface area (Å²) in [7, 11) is 0. The van der Waals surface area contributed by atoms with Gasteiger partial charge in [-0.15, -0.1) is 0 Å². The molecule has 25 heavy (non-hydrogen) atoms. The molecule has 1 aromatic carbocycles. The van der Waals surface area contributed by atoms with Gasteiger partial charge in [-0.1, -0.05) is 6.07 Å². The molecule has 1 heterocycles. The van der Waals surface area contributed by atoms with E-state index in [2.05, 4.69) is 4.90 Å². The number of hydrogen-bond acceptors (Lipinski definition) is 4. The van der Waals surface area contributed by atoms with Crippen LogP contribution in [0.5, 0.6) is 11.5 Å². The maximum Gasteiger partial charge on any atom is 0.300 e. The van der Waals surface area contributed by atoms with Crippen molar-refractivity contribution in [2.45, 2.75) is 63.0 Å². The van der Waals surface area contributed by atoms with E-state index in [0.29, 0.717) is 19.3 Å². The minimum atomic E-state index is -0.991. The number of nitrogens with zero attached hydrogens (tertiary/aromatic N) is 1. The van der Waals surface area contributed by atoms with Crippen LogP contribution in [0.25, 0.3) is 0 Å². The zero-order chi connectivity index (χ0) is 17.8. The smallest absolute Gasteiger partial charge is 0.300 e. The first-order valence-corrected chi connectivity index (χ1v) is 9.42. The van der Waals surface area contributed by atoms with Gasteiger partial charge in [-0.25, -0.2) is 0 Å². The van der Waals surface area contributed by atoms with Gasteiger partial charge in [0, 0.05) is 24.9 Å². The number of fused-ring (bicyclic) bond motifs is 4. The van der Waals surface area contributed by atoms with Gasteiger partial charge in [-0.3, -0.25) is 4.90 Å². The number of rotatable bonds is 5. The molecule has 2 bridgehead atoms. The highest BCUT2D eigenvalue weighted by Crippen LogP contribution is 2.53. The van der Waals surface area contributed by atoms with Gasteiger partial charge in [0.2, 0.25) is 5.75 Å². The van der Waals surface area contributed by atoms with Crippen LogP contribution in [0.4, 0.5) is 0 Å². The maximum absolute atomic E-state index is 11.7. The monoisotopic (exact) mass is 346 g/mol. The van der Waals surface area contributed by atoms with Crippen molar-refractivity contribution < 1.29 is 20.1 Å². The van der Waals surface area contributed by atoms with Crippen LogP contribution in [0.2, 0.25) is 0 Å². The number of hydrogen-bond donors (Lipinski definition) is 2. The van der Waals surface area contributed by atoms with Gasteiger partial charge in [0.25, 0.3) is 0 Å². The van der Waals surface area contributed by atoms with Crippen LogP contribution in [-0.4, -0.2) is 50.7 Å². The lowest BCUT2D eigenvalue weighted by Crippen LogP contribution is -2.63. The van der Waals surface area contributed by atoms with Gasteiger partial charge in [-0.2, -0.15) is 0 Å². The van der Waals surface area contributed by atoms with E-state index in [1.807, 2.05) is 6.07 Å². The van der Waals surface area contributed by atoms with E-state index in [4.69, 9.17) is 5.11 Å². The molecule has 0 aromatic heterocycles. The molecule has 1 aliphatic heterocycles. The lowest BCUT2D eigenvalue weighted by molar-refractivity contribution is -0.126. The third kappa shape index (κ3) is 2.83. The van der Waals surface area contributed by atoms with Gasteiger partial charge < -0.3 is 20.1 Å². The SMILES string of the molecule is CC(=O)CC[C@]1(O)C2CCN(CC3CC3)[C@H]1Cc1ccc(O)c([OH2+])c12. The number of carbonyl (C=O) groups is 1. The Morgan fingerprint density at radius 1 is 1.36 bits per heavy atom. The Balaban J connectivity index is 1.74. The number of piperidine rings is 1. The second kappa shape index (κ2) is 5.99. The first-order valence-electron chi connectivity index (χ1n) is 9.42. The van der Waals surface area contributed by atoms with Crippen molar-refractivity contribution in [1.29, 1.82) is 0 Å². The second-order valence-corrected chi connectivity index (χ2v) is 8.23. The molecule has 0 amide bonds. The van der Waals surface area contributed by atoms with E-state index < -0.39 is 5.60 Å². The molecule has 0 spiro atoms. The molecule has 1 unspecified atom stereocenters. The molecule has 1 aromatic rings. The Morgan fingerprint density at radius 2 is 2.12 bits per heavy atom. The second-order valence-electron chi connectivity index (χ2n) is 8.23. The fourth-order valence-electron chi connectivity index (χ4n) is 4.95. The van der Waals surface area contributed by atoms with Crippen LogP contribution in [0.1, 0.15) is 56.1 Å². The predicted octanol–water partition coefficient (Wildman–Crippen LogP) is 2.05. The van der Waals surface area contributed by atoms with Crippen molar-refractivity contribution in [2.24, 2.45) is 5.92 Å². The number of benzene rings is 1. The van der Waals surface area contributed by atoms with Crippen LogP contribution in [0, 0.1) is 5.92 Å². The summed E-state index contributed by atoms with van der Waals surface area (Å²) in [6.45, 7) is 3.52. The molecule has 136 valence electrons. The lowest BCUT2D eigenvalue weighted by atomic mass is 9.62. The molecular formula is C20H28NO4+. The summed E-state index contributed by atoms with van der Waals surface area (Å²) >= 11 is 0. The number of aromatic hydroxyl groups is 1. The van der Waals surface area contributed by atoms with Gasteiger partial charge in [0.05, 0.1) is 11.2 Å². The quantitative estimate of drug-likeness (QED) is 0.799. The first kappa shape index (κ1) is 16.9. The Kier molecular flexibility index (Phi) is 4.04. The maximum atomic E-state index is 11.7. The number of likely N-dealkylation sites (tertiary alicyclic amines) is 1. The van der Waals surface area contributed by atoms with E-state index in [0.717, 1.165) is 36.6 Å². The minimum absolute atomic E-state index is 0.00245. The van der Waals surface area contributed by atoms with E-state index in [9.17, 15) is 15.0 Å². The zero-order valence-corrected chi connectivity index (χ0v) is 14.8. The van der Waals surface area contributed by atoms with Crippen LogP contribution in [-0.2, 0) is 11.2 Å². The highest BCUT2D eigenvalue weighted by Gasteiger charge is 2.55. The van der Waals surface area contributed by atoms with Gasteiger partial charge >= 0.3 is 5.75 Å². The third-order valence-electron chi connectivity index (χ3n) is 6.47. The predicted molar refractivity (Wildman–Crippen MR) is 95.2 cm³/mol. The summed E-state index contributed by atoms with van der Waals surface area (Å²) in [4.78, 5) is 14.0. The van der Waals surface area contributed by atoms with Crippen LogP contribution in [0.3, 0.4) is 0 Å². The lowest BCUT2D eigenvalue weighted by Gasteiger charge is -2.55. The highest BCUT2D eigenvalue weighted by molar-refractivity contribution is 5.75. The number of phenolic OH excluding ortho intramolecular Hbond substituents is 1. The number of phenols is 1. The topological polar surface area (TPSA) is 83.7 Å². The fraction of sp³-hybridized carbons (Fsp3) is 0.650. The number of aliphatic hydroxyl groups is 1. The summed E-state index contributed by atoms with van der Waals surface area (Å²) in [6.07, 6.45) is 4.83. The third-order valence-corrected chi connectivity index (χ3v) is 6.47. The molecule has 4 rings (SSSR count). The number of Topliss-reactive ketones (excluding diaryl/α,β-unsaturated/α-hetero) is 1. The summed E-state index contributed by atoms with van der Waals surface area (Å²) in [5, 5.41) is 30.0. The summed E-state index contributed by atoms with van der Waals surface area (Å²) in [5.41, 5.74) is 0.884. The van der Waals surface area contributed by atoms with Crippen molar-refractivity contribution in [3.63, 3.8) is 0 Å². The van der Waals surface area contributed by atoms with Crippen LogP contribution < -0.4 is 0 Å². The Morgan fingerprint density at radius 3 is 2.80 bits per heavy atom. The van der Waals surface area contributed by atoms with Crippen molar-refractivity contribution in [1.82, 2.24) is 4.90 Å². The molecule has 2 aliphatic carbocycles. The van der Waals surface area contributed by atoms with Crippen molar-refractivity contribution >= 4 is 5.78 Å². The standard InChI is InChI=1S/C20H27NO4/c1-12(22)6-8-20(25)15-7-9-21(11-13-2-3-13)17(20)10-14-4-5-16(23)19(24)18(14)15/h4-5,13,15,17,23-25H,2-3,6-11H2,1H3/p+1/t15?,17-,20-/m0/s1. The first-order chi connectivity index (χ1) is 11.9. The van der Waals surface area contributed by atoms with Crippen molar-refractivity contribution in [2.75, 3.05) is 13.1 Å². The Bertz CT molecular complexity index is 699. The van der Waals surface area contributed by atoms with Crippen molar-refractivity contribution in [3.8, 4) is 11.5 Å². The Labute approximate surface area is 148 Å². The summed E-state index contributed by atoms with van der Waals surface area (Å²) in [5.74, 6) is 0.801. The molecule has 5 heteroatoms. The number of carbonyl (C=O) groups excluding carboxylic acids is 1. The zero-order valence-electron chi connectivity index (χ0n) is 14.8. The number of ketones is 1. The molecular weight excluding hydrogens is 318 g/mol. The van der Waals surface area contributed by atoms with Gasteiger partial charge in [0.15, 0.2) is 0 Å². The highest BCUT2D eigenvalue weighted by atomic mass is 16.3. The molecule has 0 radical (unpaired) electrons. The van der Waals surface area contributed by atoms with Crippen LogP contribution >= 0.6 is 0 Å². The summed E-state index contributed by atoms with van der Waals surface area (Å²) in [6, 6.07) is 3.51. The van der Waals surface area contributed by atoms with Gasteiger partial charge in [0.1, 0.15) is 5.78 Å². The van der Waals surface area contributed by atoms with E-state index in [-0.39, 0.29) is 29.2 Å². The molecule has 5 nitrogen and oxygen atoms in total. The molecule has 3 atom stereocenters. The largest absolute Gasteiger partial charge is 0.590 e. The summed E-state index contributed by atoms with van der Waals surface area (Å²) < 4.78 is 0. The minimum Gasteiger partial charge on any atom is -0.590 e. The Hall–Kier alpha value is -1.59. The van der Waals surface area contributed by atoms with Crippen LogP contribution in [0.15, 0.2) is 12.1 Å². The van der Waals surface area contributed by atoms with Gasteiger partial charge in [-0.05, 0) is 63.1 Å². The average Bonchev–Trinajstić information content (AvgIpc) is 3.36. The molecule has 3 aliphatic rings. The van der Waals surface area contributed by atoms with Crippen molar-refractivity contribution in [3.05, 3.63) is 23.3 Å². The van der Waals surface area contributed by atoms with E-state index in [1.54, 1.807) is 13.0 Å². The van der Waals surface area contributed by atoms with E-state index >= 15 is 0 Å². The average molecular weight is 346 g/mol. The molecule has 2 fully saturated rings. The normalized spacial score (nSPS) is 31.6. The molecule has 1 saturated heterocycles. The molecule has 1 saturated carbocycles. The molecule has 4 N–H and O–H groups in total. The van der Waals surface area contributed by atoms with E-state index in [1.165, 1.54) is 12.8 Å². The fourth-order valence-corrected chi connectivity index (χ4v) is 4.95.